The Kier molecular flexibility index (Phi) is 6.14. The maximum Gasteiger partial charge on any atom is 0.166 e. The molecule has 0 saturated carbocycles. The van der Waals surface area contributed by atoms with Crippen molar-refractivity contribution in [1.82, 2.24) is 0 Å². The number of aryl methyl sites for hydroxylation is 1. The predicted octanol–water partition coefficient (Wildman–Crippen LogP) is 6.51. The van der Waals surface area contributed by atoms with Gasteiger partial charge in [0.2, 0.25) is 0 Å². The lowest BCUT2D eigenvalue weighted by molar-refractivity contribution is 0.717. The molecule has 0 amide bonds. The second kappa shape index (κ2) is 8.75. The van der Waals surface area contributed by atoms with Crippen LogP contribution >= 0.6 is 0 Å². The van der Waals surface area contributed by atoms with Crippen molar-refractivity contribution < 1.29 is 0 Å². The van der Waals surface area contributed by atoms with Gasteiger partial charge in [-0.3, -0.25) is 0 Å². The van der Waals surface area contributed by atoms with Crippen molar-refractivity contribution >= 4 is 10.9 Å². The van der Waals surface area contributed by atoms with E-state index in [-0.39, 0.29) is 10.9 Å². The van der Waals surface area contributed by atoms with Crippen LogP contribution in [0.5, 0.6) is 0 Å². The zero-order valence-corrected chi connectivity index (χ0v) is 15.1. The summed E-state index contributed by atoms with van der Waals surface area (Å²) in [5.41, 5.74) is 1.46. The molecule has 0 aliphatic heterocycles. The minimum Gasteiger partial charge on any atom is -0.0654 e. The molecule has 0 heterocycles. The summed E-state index contributed by atoms with van der Waals surface area (Å²) in [7, 11) is -0.0302. The van der Waals surface area contributed by atoms with Crippen molar-refractivity contribution in [2.45, 2.75) is 47.3 Å². The van der Waals surface area contributed by atoms with Crippen molar-refractivity contribution in [2.24, 2.45) is 0 Å². The molecule has 0 spiro atoms. The molecule has 0 nitrogen and oxygen atoms in total. The standard InChI is InChI=1S/C23H25S/c1-2-3-6-11-20-16-18-23(19-17-20)24(21-12-7-4-8-13-21)22-14-9-5-10-15-22/h4-5,7-10,12-19H,2-3,6,11H2,1H3/q+1. The van der Waals surface area contributed by atoms with Gasteiger partial charge in [0, 0.05) is 0 Å². The molecule has 122 valence electrons. The molecule has 0 bridgehead atoms. The first-order chi connectivity index (χ1) is 11.9. The van der Waals surface area contributed by atoms with Crippen LogP contribution in [0.4, 0.5) is 0 Å². The highest BCUT2D eigenvalue weighted by molar-refractivity contribution is 7.97. The smallest absolute Gasteiger partial charge is 0.0654 e. The summed E-state index contributed by atoms with van der Waals surface area (Å²) in [5.74, 6) is 0. The first-order valence-corrected chi connectivity index (χ1v) is 10.0. The van der Waals surface area contributed by atoms with Crippen LogP contribution < -0.4 is 0 Å². The monoisotopic (exact) mass is 333 g/mol. The molecule has 0 N–H and O–H groups in total. The van der Waals surface area contributed by atoms with E-state index in [4.69, 9.17) is 0 Å². The molecule has 3 aromatic rings. The van der Waals surface area contributed by atoms with E-state index in [0.29, 0.717) is 0 Å². The third-order valence-corrected chi connectivity index (χ3v) is 6.42. The fourth-order valence-electron chi connectivity index (χ4n) is 2.89. The summed E-state index contributed by atoms with van der Waals surface area (Å²) in [6, 6.07) is 31.0. The number of hydrogen-bond donors (Lipinski definition) is 0. The molecule has 0 aliphatic rings. The second-order valence-corrected chi connectivity index (χ2v) is 8.06. The van der Waals surface area contributed by atoms with Gasteiger partial charge in [-0.15, -0.1) is 0 Å². The Balaban J connectivity index is 1.89. The molecule has 24 heavy (non-hydrogen) atoms. The van der Waals surface area contributed by atoms with Gasteiger partial charge in [-0.25, -0.2) is 0 Å². The number of hydrogen-bond acceptors (Lipinski definition) is 0. The predicted molar refractivity (Wildman–Crippen MR) is 105 cm³/mol. The normalized spacial score (nSPS) is 10.9. The number of unbranched alkanes of at least 4 members (excludes halogenated alkanes) is 2. The van der Waals surface area contributed by atoms with E-state index in [1.54, 1.807) is 0 Å². The molecule has 0 unspecified atom stereocenters. The maximum atomic E-state index is 2.32. The van der Waals surface area contributed by atoms with E-state index in [1.807, 2.05) is 0 Å². The van der Waals surface area contributed by atoms with Crippen LogP contribution in [0.15, 0.2) is 99.6 Å². The van der Waals surface area contributed by atoms with Crippen molar-refractivity contribution in [3.8, 4) is 0 Å². The second-order valence-electron chi connectivity index (χ2n) is 6.03. The maximum absolute atomic E-state index is 2.32. The molecule has 0 radical (unpaired) electrons. The first kappa shape index (κ1) is 16.9. The summed E-state index contributed by atoms with van der Waals surface area (Å²) >= 11 is 0. The Morgan fingerprint density at radius 1 is 0.583 bits per heavy atom. The van der Waals surface area contributed by atoms with Gasteiger partial charge >= 0.3 is 0 Å². The first-order valence-electron chi connectivity index (χ1n) is 8.82. The van der Waals surface area contributed by atoms with Crippen LogP contribution in [0.3, 0.4) is 0 Å². The van der Waals surface area contributed by atoms with Gasteiger partial charge in [-0.2, -0.15) is 0 Å². The Bertz CT molecular complexity index is 678. The molecular weight excluding hydrogens is 308 g/mol. The number of rotatable bonds is 7. The highest BCUT2D eigenvalue weighted by atomic mass is 32.2. The molecule has 0 fully saturated rings. The third-order valence-electron chi connectivity index (χ3n) is 4.19. The molecule has 0 aliphatic carbocycles. The minimum absolute atomic E-state index is 0.0302. The van der Waals surface area contributed by atoms with Gasteiger partial charge in [0.15, 0.2) is 14.7 Å². The topological polar surface area (TPSA) is 0 Å². The summed E-state index contributed by atoms with van der Waals surface area (Å²) in [6.45, 7) is 2.26. The molecule has 3 rings (SSSR count). The van der Waals surface area contributed by atoms with E-state index in [2.05, 4.69) is 91.9 Å². The SMILES string of the molecule is CCCCCc1ccc([S+](c2ccccc2)c2ccccc2)cc1. The molecule has 0 atom stereocenters. The largest absolute Gasteiger partial charge is 0.166 e. The summed E-state index contributed by atoms with van der Waals surface area (Å²) < 4.78 is 0. The van der Waals surface area contributed by atoms with E-state index >= 15 is 0 Å². The van der Waals surface area contributed by atoms with E-state index in [0.717, 1.165) is 0 Å². The van der Waals surface area contributed by atoms with Crippen LogP contribution in [0.2, 0.25) is 0 Å². The van der Waals surface area contributed by atoms with Crippen molar-refractivity contribution in [2.75, 3.05) is 0 Å². The van der Waals surface area contributed by atoms with Crippen molar-refractivity contribution in [1.29, 1.82) is 0 Å². The van der Waals surface area contributed by atoms with E-state index < -0.39 is 0 Å². The molecular formula is C23H25S+. The van der Waals surface area contributed by atoms with Gasteiger partial charge in [0.1, 0.15) is 0 Å². The van der Waals surface area contributed by atoms with Gasteiger partial charge in [-0.1, -0.05) is 68.3 Å². The van der Waals surface area contributed by atoms with Crippen LogP contribution in [-0.4, -0.2) is 0 Å². The molecule has 3 aromatic carbocycles. The Labute approximate surface area is 148 Å². The van der Waals surface area contributed by atoms with Gasteiger partial charge in [0.25, 0.3) is 0 Å². The highest BCUT2D eigenvalue weighted by Crippen LogP contribution is 2.31. The summed E-state index contributed by atoms with van der Waals surface area (Å²) in [6.07, 6.45) is 5.08. The molecule has 1 heteroatoms. The lowest BCUT2D eigenvalue weighted by atomic mass is 10.1. The van der Waals surface area contributed by atoms with Crippen LogP contribution in [0.25, 0.3) is 0 Å². The van der Waals surface area contributed by atoms with Gasteiger partial charge in [0.05, 0.1) is 10.9 Å². The fourth-order valence-corrected chi connectivity index (χ4v) is 4.98. The fraction of sp³-hybridized carbons (Fsp3) is 0.217. The zero-order valence-electron chi connectivity index (χ0n) is 14.3. The van der Waals surface area contributed by atoms with Crippen molar-refractivity contribution in [3.05, 3.63) is 90.5 Å². The summed E-state index contributed by atoms with van der Waals surface area (Å²) in [4.78, 5) is 4.15. The Morgan fingerprint density at radius 3 is 1.58 bits per heavy atom. The van der Waals surface area contributed by atoms with Crippen LogP contribution in [0, 0.1) is 0 Å². The van der Waals surface area contributed by atoms with E-state index in [9.17, 15) is 0 Å². The average Bonchev–Trinajstić information content (AvgIpc) is 2.65. The molecule has 0 aromatic heterocycles. The minimum atomic E-state index is -0.0302. The van der Waals surface area contributed by atoms with Crippen LogP contribution in [0.1, 0.15) is 31.7 Å². The summed E-state index contributed by atoms with van der Waals surface area (Å²) in [5, 5.41) is 0. The van der Waals surface area contributed by atoms with E-state index in [1.165, 1.54) is 45.9 Å². The average molecular weight is 334 g/mol. The molecule has 0 saturated heterocycles. The van der Waals surface area contributed by atoms with Crippen molar-refractivity contribution in [3.63, 3.8) is 0 Å². The van der Waals surface area contributed by atoms with Crippen LogP contribution in [-0.2, 0) is 17.3 Å². The lowest BCUT2D eigenvalue weighted by Crippen LogP contribution is -2.04. The Hall–Kier alpha value is -1.99. The highest BCUT2D eigenvalue weighted by Gasteiger charge is 2.27. The van der Waals surface area contributed by atoms with Gasteiger partial charge in [-0.05, 0) is 54.8 Å². The number of benzene rings is 3. The third kappa shape index (κ3) is 4.30. The lowest BCUT2D eigenvalue weighted by Gasteiger charge is -2.08. The van der Waals surface area contributed by atoms with Gasteiger partial charge < -0.3 is 0 Å². The quantitative estimate of drug-likeness (QED) is 0.341. The Morgan fingerprint density at radius 2 is 1.08 bits per heavy atom. The zero-order chi connectivity index (χ0) is 16.6.